The maximum absolute atomic E-state index is 12.8. The molecule has 1 aliphatic carbocycles. The van der Waals surface area contributed by atoms with Gasteiger partial charge < -0.3 is 9.90 Å². The summed E-state index contributed by atoms with van der Waals surface area (Å²) in [5, 5.41) is 12.2. The van der Waals surface area contributed by atoms with Gasteiger partial charge in [0.2, 0.25) is 11.8 Å². The first-order chi connectivity index (χ1) is 14.9. The fourth-order valence-corrected chi connectivity index (χ4v) is 4.49. The van der Waals surface area contributed by atoms with E-state index < -0.39 is 5.97 Å². The minimum atomic E-state index is -1.26. The fourth-order valence-electron chi connectivity index (χ4n) is 4.49. The molecule has 0 bridgehead atoms. The lowest BCUT2D eigenvalue weighted by atomic mass is 9.85. The highest BCUT2D eigenvalue weighted by Crippen LogP contribution is 2.38. The minimum Gasteiger partial charge on any atom is -0.545 e. The topological polar surface area (TPSA) is 90.4 Å². The highest BCUT2D eigenvalue weighted by atomic mass is 16.4. The van der Waals surface area contributed by atoms with Crippen LogP contribution in [0.25, 0.3) is 22.2 Å². The molecule has 2 aliphatic rings. The van der Waals surface area contributed by atoms with E-state index in [0.29, 0.717) is 40.7 Å². The van der Waals surface area contributed by atoms with Gasteiger partial charge in [-0.15, -0.1) is 0 Å². The molecule has 2 aromatic carbocycles. The van der Waals surface area contributed by atoms with Crippen molar-refractivity contribution in [1.82, 2.24) is 4.98 Å². The maximum Gasteiger partial charge on any atom is 0.238 e. The van der Waals surface area contributed by atoms with E-state index in [0.717, 1.165) is 5.56 Å². The van der Waals surface area contributed by atoms with E-state index in [2.05, 4.69) is 4.98 Å². The van der Waals surface area contributed by atoms with Crippen LogP contribution < -0.4 is 10.0 Å². The first-order valence-electron chi connectivity index (χ1n) is 10.2. The first-order valence-corrected chi connectivity index (χ1v) is 10.2. The van der Waals surface area contributed by atoms with Crippen LogP contribution in [-0.2, 0) is 9.59 Å². The molecule has 2 amide bonds. The van der Waals surface area contributed by atoms with Gasteiger partial charge >= 0.3 is 0 Å². The van der Waals surface area contributed by atoms with Crippen molar-refractivity contribution in [3.8, 4) is 11.3 Å². The molecular weight excluding hydrogens is 392 g/mol. The first kappa shape index (κ1) is 19.2. The number of carboxylic acid groups (broad SMARTS) is 1. The normalized spacial score (nSPS) is 20.4. The molecular formula is C25H19N2O4-. The average Bonchev–Trinajstić information content (AvgIpc) is 3.03. The van der Waals surface area contributed by atoms with Crippen LogP contribution in [0.3, 0.4) is 0 Å². The van der Waals surface area contributed by atoms with E-state index in [1.807, 2.05) is 25.1 Å². The number of carbonyl (C=O) groups excluding carboxylic acids is 3. The summed E-state index contributed by atoms with van der Waals surface area (Å²) < 4.78 is 0. The maximum atomic E-state index is 12.8. The molecule has 1 aromatic heterocycles. The van der Waals surface area contributed by atoms with E-state index in [1.165, 1.54) is 11.0 Å². The average molecular weight is 411 g/mol. The third kappa shape index (κ3) is 3.11. The molecule has 2 atom stereocenters. The molecule has 1 aliphatic heterocycles. The molecule has 3 aromatic rings. The van der Waals surface area contributed by atoms with Gasteiger partial charge in [0.25, 0.3) is 0 Å². The van der Waals surface area contributed by atoms with Crippen molar-refractivity contribution >= 4 is 34.4 Å². The zero-order valence-corrected chi connectivity index (χ0v) is 16.9. The van der Waals surface area contributed by atoms with Crippen LogP contribution in [0.15, 0.2) is 60.7 Å². The van der Waals surface area contributed by atoms with Gasteiger partial charge in [0, 0.05) is 16.5 Å². The number of anilines is 1. The van der Waals surface area contributed by atoms with Crippen molar-refractivity contribution in [2.24, 2.45) is 11.8 Å². The Balaban J connectivity index is 1.52. The van der Waals surface area contributed by atoms with Crippen LogP contribution in [0.5, 0.6) is 0 Å². The number of aryl methyl sites for hydroxylation is 1. The number of benzene rings is 2. The zero-order chi connectivity index (χ0) is 21.7. The quantitative estimate of drug-likeness (QED) is 0.488. The molecule has 1 saturated heterocycles. The van der Waals surface area contributed by atoms with Crippen molar-refractivity contribution in [3.05, 3.63) is 71.8 Å². The number of hydrogen-bond donors (Lipinski definition) is 0. The highest BCUT2D eigenvalue weighted by Gasteiger charge is 2.47. The number of amides is 2. The summed E-state index contributed by atoms with van der Waals surface area (Å²) in [5.41, 5.74) is 3.27. The lowest BCUT2D eigenvalue weighted by Crippen LogP contribution is -2.30. The predicted octanol–water partition coefficient (Wildman–Crippen LogP) is 3.03. The van der Waals surface area contributed by atoms with Crippen LogP contribution >= 0.6 is 0 Å². The molecule has 0 saturated carbocycles. The molecule has 0 radical (unpaired) electrons. The second-order valence-electron chi connectivity index (χ2n) is 8.08. The molecule has 154 valence electrons. The van der Waals surface area contributed by atoms with Crippen molar-refractivity contribution in [2.75, 3.05) is 4.90 Å². The predicted molar refractivity (Wildman–Crippen MR) is 114 cm³/mol. The van der Waals surface area contributed by atoms with Gasteiger partial charge in [-0.1, -0.05) is 35.9 Å². The summed E-state index contributed by atoms with van der Waals surface area (Å²) in [4.78, 5) is 43.2. The van der Waals surface area contributed by atoms with Crippen LogP contribution in [0.1, 0.15) is 28.8 Å². The highest BCUT2D eigenvalue weighted by molar-refractivity contribution is 6.22. The van der Waals surface area contributed by atoms with Gasteiger partial charge in [0.05, 0.1) is 34.7 Å². The third-order valence-electron chi connectivity index (χ3n) is 6.11. The van der Waals surface area contributed by atoms with Crippen LogP contribution in [0.4, 0.5) is 5.69 Å². The van der Waals surface area contributed by atoms with Crippen LogP contribution in [0, 0.1) is 18.8 Å². The fraction of sp³-hybridized carbons (Fsp3) is 0.200. The Morgan fingerprint density at radius 2 is 1.61 bits per heavy atom. The number of carbonyl (C=O) groups is 3. The number of aromatic carboxylic acids is 1. The molecule has 0 N–H and O–H groups in total. The van der Waals surface area contributed by atoms with E-state index >= 15 is 0 Å². The lowest BCUT2D eigenvalue weighted by molar-refractivity contribution is -0.254. The third-order valence-corrected chi connectivity index (χ3v) is 6.11. The van der Waals surface area contributed by atoms with Crippen molar-refractivity contribution < 1.29 is 19.5 Å². The Morgan fingerprint density at radius 3 is 2.23 bits per heavy atom. The second kappa shape index (κ2) is 7.16. The van der Waals surface area contributed by atoms with Crippen molar-refractivity contribution in [2.45, 2.75) is 19.8 Å². The van der Waals surface area contributed by atoms with E-state index in [-0.39, 0.29) is 29.2 Å². The number of hydrogen-bond acceptors (Lipinski definition) is 5. The van der Waals surface area contributed by atoms with E-state index in [9.17, 15) is 19.5 Å². The summed E-state index contributed by atoms with van der Waals surface area (Å²) in [6, 6.07) is 13.8. The molecule has 5 rings (SSSR count). The summed E-state index contributed by atoms with van der Waals surface area (Å²) >= 11 is 0. The van der Waals surface area contributed by atoms with Crippen molar-refractivity contribution in [1.29, 1.82) is 0 Å². The SMILES string of the molecule is Cc1ccc2nc(-c3ccc(N4C(=O)[C@H]5CC=CC[C@@H]5C4=O)cc3)cc(C(=O)[O-])c2c1. The van der Waals surface area contributed by atoms with Crippen molar-refractivity contribution in [3.63, 3.8) is 0 Å². The van der Waals surface area contributed by atoms with Gasteiger partial charge in [-0.05, 0) is 50.1 Å². The summed E-state index contributed by atoms with van der Waals surface area (Å²) in [6.45, 7) is 1.89. The smallest absolute Gasteiger partial charge is 0.238 e. The summed E-state index contributed by atoms with van der Waals surface area (Å²) in [5.74, 6) is -2.15. The number of nitrogens with zero attached hydrogens (tertiary/aromatic N) is 2. The monoisotopic (exact) mass is 411 g/mol. The summed E-state index contributed by atoms with van der Waals surface area (Å²) in [7, 11) is 0. The van der Waals surface area contributed by atoms with Gasteiger partial charge in [0.15, 0.2) is 0 Å². The number of rotatable bonds is 3. The van der Waals surface area contributed by atoms with Gasteiger partial charge in [0.1, 0.15) is 0 Å². The molecule has 31 heavy (non-hydrogen) atoms. The van der Waals surface area contributed by atoms with Crippen LogP contribution in [-0.4, -0.2) is 22.8 Å². The Bertz CT molecular complexity index is 1250. The largest absolute Gasteiger partial charge is 0.545 e. The van der Waals surface area contributed by atoms with E-state index in [4.69, 9.17) is 0 Å². The number of imide groups is 1. The summed E-state index contributed by atoms with van der Waals surface area (Å²) in [6.07, 6.45) is 5.11. The number of fused-ring (bicyclic) bond motifs is 2. The molecule has 2 heterocycles. The lowest BCUT2D eigenvalue weighted by Gasteiger charge is -2.16. The molecule has 6 heteroatoms. The molecule has 0 unspecified atom stereocenters. The Kier molecular flexibility index (Phi) is 4.43. The van der Waals surface area contributed by atoms with E-state index in [1.54, 1.807) is 36.4 Å². The number of carboxylic acids is 1. The molecule has 1 fully saturated rings. The van der Waals surface area contributed by atoms with Gasteiger partial charge in [-0.3, -0.25) is 14.5 Å². The number of aromatic nitrogens is 1. The number of allylic oxidation sites excluding steroid dienone is 2. The minimum absolute atomic E-state index is 0.0780. The molecule has 0 spiro atoms. The standard InChI is InChI=1S/C25H20N2O4/c1-14-6-11-21-19(12-14)20(25(30)31)13-22(26-21)15-7-9-16(10-8-15)27-23(28)17-4-2-3-5-18(17)24(27)29/h2-3,6-13,17-18H,4-5H2,1H3,(H,30,31)/p-1/t17-,18-/m0/s1. The molecule has 6 nitrogen and oxygen atoms in total. The van der Waals surface area contributed by atoms with Crippen LogP contribution in [0.2, 0.25) is 0 Å². The van der Waals surface area contributed by atoms with Gasteiger partial charge in [-0.25, -0.2) is 4.98 Å². The van der Waals surface area contributed by atoms with Gasteiger partial charge in [-0.2, -0.15) is 0 Å². The Morgan fingerprint density at radius 1 is 0.968 bits per heavy atom. The Labute approximate surface area is 178 Å². The zero-order valence-electron chi connectivity index (χ0n) is 16.9. The second-order valence-corrected chi connectivity index (χ2v) is 8.08. The number of pyridine rings is 1. The Hall–Kier alpha value is -3.80.